The van der Waals surface area contributed by atoms with E-state index in [1.807, 2.05) is 20.8 Å². The molecule has 3 rings (SSSR count). The standard InChI is InChI=1S/C16H23N3O2S/c1-4-12(20)7-19(11-5-6-11)8-13-17-15(21)14-9(2)10(3)22-16(14)18-13/h11-12,20H,4-8H2,1-3H3,(H,17,18,21). The molecule has 0 radical (unpaired) electrons. The van der Waals surface area contributed by atoms with Crippen LogP contribution in [0, 0.1) is 13.8 Å². The highest BCUT2D eigenvalue weighted by molar-refractivity contribution is 7.18. The number of hydrogen-bond acceptors (Lipinski definition) is 5. The van der Waals surface area contributed by atoms with Crippen molar-refractivity contribution >= 4 is 21.6 Å². The Bertz CT molecular complexity index is 733. The fourth-order valence-corrected chi connectivity index (χ4v) is 3.80. The van der Waals surface area contributed by atoms with Crippen LogP contribution in [0.2, 0.25) is 0 Å². The van der Waals surface area contributed by atoms with Crippen LogP contribution in [0.1, 0.15) is 42.5 Å². The number of nitrogens with zero attached hydrogens (tertiary/aromatic N) is 2. The van der Waals surface area contributed by atoms with Crippen LogP contribution in [0.25, 0.3) is 10.2 Å². The van der Waals surface area contributed by atoms with Gasteiger partial charge in [-0.3, -0.25) is 9.69 Å². The van der Waals surface area contributed by atoms with Crippen molar-refractivity contribution in [1.82, 2.24) is 14.9 Å². The number of aliphatic hydroxyl groups is 1. The molecule has 1 atom stereocenters. The monoisotopic (exact) mass is 321 g/mol. The summed E-state index contributed by atoms with van der Waals surface area (Å²) in [6.07, 6.45) is 2.76. The van der Waals surface area contributed by atoms with Gasteiger partial charge in [-0.15, -0.1) is 11.3 Å². The lowest BCUT2D eigenvalue weighted by Crippen LogP contribution is -2.34. The molecule has 5 nitrogen and oxygen atoms in total. The van der Waals surface area contributed by atoms with Crippen LogP contribution in [-0.4, -0.2) is 38.7 Å². The van der Waals surface area contributed by atoms with E-state index in [-0.39, 0.29) is 11.7 Å². The van der Waals surface area contributed by atoms with Gasteiger partial charge >= 0.3 is 0 Å². The summed E-state index contributed by atoms with van der Waals surface area (Å²) in [5, 5.41) is 10.6. The number of nitrogens with one attached hydrogen (secondary N) is 1. The molecule has 0 spiro atoms. The van der Waals surface area contributed by atoms with Gasteiger partial charge in [-0.25, -0.2) is 4.98 Å². The number of rotatable bonds is 6. The van der Waals surface area contributed by atoms with E-state index in [9.17, 15) is 9.90 Å². The van der Waals surface area contributed by atoms with E-state index in [1.54, 1.807) is 11.3 Å². The van der Waals surface area contributed by atoms with E-state index in [0.29, 0.717) is 25.0 Å². The number of aliphatic hydroxyl groups excluding tert-OH is 1. The Morgan fingerprint density at radius 2 is 2.18 bits per heavy atom. The molecule has 2 heterocycles. The third-order valence-corrected chi connectivity index (χ3v) is 5.52. The molecule has 0 amide bonds. The second kappa shape index (κ2) is 6.10. The smallest absolute Gasteiger partial charge is 0.259 e. The Morgan fingerprint density at radius 1 is 1.45 bits per heavy atom. The van der Waals surface area contributed by atoms with Gasteiger partial charge < -0.3 is 10.1 Å². The summed E-state index contributed by atoms with van der Waals surface area (Å²) in [7, 11) is 0. The van der Waals surface area contributed by atoms with Gasteiger partial charge in [-0.2, -0.15) is 0 Å². The number of fused-ring (bicyclic) bond motifs is 1. The lowest BCUT2D eigenvalue weighted by atomic mass is 10.2. The average molecular weight is 321 g/mol. The molecule has 0 saturated heterocycles. The van der Waals surface area contributed by atoms with Gasteiger partial charge in [0.1, 0.15) is 10.7 Å². The minimum atomic E-state index is -0.317. The quantitative estimate of drug-likeness (QED) is 0.857. The molecule has 0 bridgehead atoms. The first kappa shape index (κ1) is 15.6. The number of aryl methyl sites for hydroxylation is 2. The average Bonchev–Trinajstić information content (AvgIpc) is 3.26. The lowest BCUT2D eigenvalue weighted by Gasteiger charge is -2.23. The van der Waals surface area contributed by atoms with Gasteiger partial charge in [0.15, 0.2) is 0 Å². The minimum Gasteiger partial charge on any atom is -0.392 e. The second-order valence-corrected chi connectivity index (χ2v) is 7.40. The Kier molecular flexibility index (Phi) is 4.34. The van der Waals surface area contributed by atoms with Crippen LogP contribution in [0.5, 0.6) is 0 Å². The summed E-state index contributed by atoms with van der Waals surface area (Å²) in [5.41, 5.74) is 0.981. The lowest BCUT2D eigenvalue weighted by molar-refractivity contribution is 0.0995. The molecule has 1 fully saturated rings. The molecule has 2 N–H and O–H groups in total. The van der Waals surface area contributed by atoms with E-state index in [4.69, 9.17) is 0 Å². The second-order valence-electron chi connectivity index (χ2n) is 6.20. The van der Waals surface area contributed by atoms with E-state index < -0.39 is 0 Å². The molecule has 1 aliphatic carbocycles. The Morgan fingerprint density at radius 3 is 2.82 bits per heavy atom. The molecule has 1 aliphatic rings. The summed E-state index contributed by atoms with van der Waals surface area (Å²) in [6, 6.07) is 0.522. The number of hydrogen-bond donors (Lipinski definition) is 2. The molecule has 1 unspecified atom stereocenters. The summed E-state index contributed by atoms with van der Waals surface area (Å²) in [5.74, 6) is 0.703. The van der Waals surface area contributed by atoms with Crippen molar-refractivity contribution in [2.75, 3.05) is 6.54 Å². The molecule has 2 aromatic heterocycles. The van der Waals surface area contributed by atoms with Crippen LogP contribution in [0.3, 0.4) is 0 Å². The zero-order chi connectivity index (χ0) is 15.9. The molecular weight excluding hydrogens is 298 g/mol. The van der Waals surface area contributed by atoms with Gasteiger partial charge in [0.25, 0.3) is 5.56 Å². The van der Waals surface area contributed by atoms with Crippen molar-refractivity contribution in [3.8, 4) is 0 Å². The first-order valence-electron chi connectivity index (χ1n) is 7.90. The van der Waals surface area contributed by atoms with Crippen LogP contribution >= 0.6 is 11.3 Å². The van der Waals surface area contributed by atoms with Crippen LogP contribution < -0.4 is 5.56 Å². The number of aromatic nitrogens is 2. The maximum absolute atomic E-state index is 12.3. The molecule has 2 aromatic rings. The van der Waals surface area contributed by atoms with Gasteiger partial charge in [-0.1, -0.05) is 6.92 Å². The van der Waals surface area contributed by atoms with Crippen molar-refractivity contribution in [1.29, 1.82) is 0 Å². The Balaban J connectivity index is 1.87. The van der Waals surface area contributed by atoms with Crippen molar-refractivity contribution in [3.63, 3.8) is 0 Å². The maximum Gasteiger partial charge on any atom is 0.259 e. The molecule has 120 valence electrons. The number of H-pyrrole nitrogens is 1. The summed E-state index contributed by atoms with van der Waals surface area (Å²) in [4.78, 5) is 24.1. The van der Waals surface area contributed by atoms with Gasteiger partial charge in [0, 0.05) is 17.5 Å². The number of aromatic amines is 1. The number of thiophene rings is 1. The topological polar surface area (TPSA) is 69.2 Å². The third-order valence-electron chi connectivity index (χ3n) is 4.42. The van der Waals surface area contributed by atoms with Crippen molar-refractivity contribution < 1.29 is 5.11 Å². The molecule has 0 aliphatic heterocycles. The predicted octanol–water partition coefficient (Wildman–Crippen LogP) is 2.34. The fraction of sp³-hybridized carbons (Fsp3) is 0.625. The first-order chi connectivity index (χ1) is 10.5. The zero-order valence-electron chi connectivity index (χ0n) is 13.3. The molecule has 1 saturated carbocycles. The molecule has 0 aromatic carbocycles. The Labute approximate surface area is 134 Å². The van der Waals surface area contributed by atoms with E-state index in [0.717, 1.165) is 27.1 Å². The van der Waals surface area contributed by atoms with Gasteiger partial charge in [0.2, 0.25) is 0 Å². The highest BCUT2D eigenvalue weighted by Gasteiger charge is 2.30. The molecule has 22 heavy (non-hydrogen) atoms. The SMILES string of the molecule is CCC(O)CN(Cc1nc2sc(C)c(C)c2c(=O)[nH]1)C1CC1. The third kappa shape index (κ3) is 3.09. The summed E-state index contributed by atoms with van der Waals surface area (Å²) >= 11 is 1.58. The zero-order valence-corrected chi connectivity index (χ0v) is 14.2. The van der Waals surface area contributed by atoms with Crippen LogP contribution in [0.15, 0.2) is 4.79 Å². The van der Waals surface area contributed by atoms with Crippen LogP contribution in [-0.2, 0) is 6.54 Å². The Hall–Kier alpha value is -1.24. The molecular formula is C16H23N3O2S. The van der Waals surface area contributed by atoms with Gasteiger partial charge in [-0.05, 0) is 38.7 Å². The fourth-order valence-electron chi connectivity index (χ4n) is 2.75. The van der Waals surface area contributed by atoms with E-state index in [2.05, 4.69) is 14.9 Å². The minimum absolute atomic E-state index is 0.0476. The first-order valence-corrected chi connectivity index (χ1v) is 8.72. The van der Waals surface area contributed by atoms with E-state index in [1.165, 1.54) is 12.8 Å². The summed E-state index contributed by atoms with van der Waals surface area (Å²) in [6.45, 7) is 7.22. The predicted molar refractivity (Wildman–Crippen MR) is 89.4 cm³/mol. The highest BCUT2D eigenvalue weighted by Crippen LogP contribution is 2.29. The van der Waals surface area contributed by atoms with Crippen LogP contribution in [0.4, 0.5) is 0 Å². The summed E-state index contributed by atoms with van der Waals surface area (Å²) < 4.78 is 0. The largest absolute Gasteiger partial charge is 0.392 e. The van der Waals surface area contributed by atoms with Crippen molar-refractivity contribution in [2.45, 2.75) is 58.7 Å². The maximum atomic E-state index is 12.3. The normalized spacial score (nSPS) is 16.6. The van der Waals surface area contributed by atoms with Gasteiger partial charge in [0.05, 0.1) is 18.0 Å². The highest BCUT2D eigenvalue weighted by atomic mass is 32.1. The van der Waals surface area contributed by atoms with Crippen molar-refractivity contribution in [3.05, 3.63) is 26.6 Å². The molecule has 6 heteroatoms. The van der Waals surface area contributed by atoms with E-state index >= 15 is 0 Å². The van der Waals surface area contributed by atoms with Crippen molar-refractivity contribution in [2.24, 2.45) is 0 Å².